The van der Waals surface area contributed by atoms with Crippen LogP contribution in [0.4, 0.5) is 0 Å². The lowest BCUT2D eigenvalue weighted by atomic mass is 10.0. The van der Waals surface area contributed by atoms with E-state index in [0.29, 0.717) is 0 Å². The zero-order valence-electron chi connectivity index (χ0n) is 18.0. The Bertz CT molecular complexity index is 616. The van der Waals surface area contributed by atoms with Gasteiger partial charge in [-0.05, 0) is 45.7 Å². The van der Waals surface area contributed by atoms with Crippen molar-refractivity contribution in [2.24, 2.45) is 4.99 Å². The summed E-state index contributed by atoms with van der Waals surface area (Å²) in [6.07, 6.45) is 0.891. The van der Waals surface area contributed by atoms with Crippen LogP contribution in [0.2, 0.25) is 0 Å². The van der Waals surface area contributed by atoms with E-state index in [4.69, 9.17) is 14.5 Å². The number of benzene rings is 1. The Kier molecular flexibility index (Phi) is 11.1. The molecule has 1 fully saturated rings. The molecule has 0 saturated carbocycles. The topological polar surface area (TPSA) is 58.1 Å². The Hall–Kier alpha value is -1.06. The van der Waals surface area contributed by atoms with Crippen molar-refractivity contribution in [2.75, 3.05) is 53.0 Å². The molecule has 0 amide bonds. The van der Waals surface area contributed by atoms with Gasteiger partial charge in [-0.25, -0.2) is 0 Å². The van der Waals surface area contributed by atoms with Crippen molar-refractivity contribution in [3.63, 3.8) is 0 Å². The Morgan fingerprint density at radius 3 is 2.61 bits per heavy atom. The van der Waals surface area contributed by atoms with Gasteiger partial charge in [0, 0.05) is 31.7 Å². The third kappa shape index (κ3) is 7.75. The number of rotatable bonds is 8. The summed E-state index contributed by atoms with van der Waals surface area (Å²) in [4.78, 5) is 7.29. The number of hydrogen-bond donors (Lipinski definition) is 2. The van der Waals surface area contributed by atoms with Gasteiger partial charge in [0.05, 0.1) is 26.9 Å². The maximum atomic E-state index is 5.48. The molecule has 1 aliphatic rings. The van der Waals surface area contributed by atoms with E-state index < -0.39 is 0 Å². The van der Waals surface area contributed by atoms with Gasteiger partial charge in [0.2, 0.25) is 0 Å². The number of nitrogens with zero attached hydrogens (tertiary/aromatic N) is 2. The predicted molar refractivity (Wildman–Crippen MR) is 127 cm³/mol. The smallest absolute Gasteiger partial charge is 0.191 e. The fraction of sp³-hybridized carbons (Fsp3) is 0.667. The molecule has 0 radical (unpaired) electrons. The van der Waals surface area contributed by atoms with Crippen molar-refractivity contribution in [3.05, 3.63) is 29.3 Å². The van der Waals surface area contributed by atoms with Gasteiger partial charge in [-0.1, -0.05) is 17.7 Å². The van der Waals surface area contributed by atoms with Gasteiger partial charge in [-0.15, -0.1) is 24.0 Å². The second-order valence-electron chi connectivity index (χ2n) is 7.60. The number of morpholine rings is 1. The molecule has 2 rings (SSSR count). The molecule has 1 aliphatic heterocycles. The molecule has 1 aromatic carbocycles. The lowest BCUT2D eigenvalue weighted by Gasteiger charge is -2.39. The number of nitrogens with one attached hydrogen (secondary N) is 2. The van der Waals surface area contributed by atoms with Gasteiger partial charge < -0.3 is 20.1 Å². The van der Waals surface area contributed by atoms with E-state index in [1.165, 1.54) is 11.1 Å². The second-order valence-corrected chi connectivity index (χ2v) is 7.60. The summed E-state index contributed by atoms with van der Waals surface area (Å²) in [5.41, 5.74) is 2.49. The van der Waals surface area contributed by atoms with Gasteiger partial charge in [0.25, 0.3) is 0 Å². The zero-order chi connectivity index (χ0) is 19.7. The number of ether oxygens (including phenoxy) is 2. The highest BCUT2D eigenvalue weighted by atomic mass is 127. The molecule has 6 nitrogen and oxygen atoms in total. The van der Waals surface area contributed by atoms with E-state index >= 15 is 0 Å². The number of aryl methyl sites for hydroxylation is 1. The highest BCUT2D eigenvalue weighted by Crippen LogP contribution is 2.20. The van der Waals surface area contributed by atoms with Crippen molar-refractivity contribution in [1.29, 1.82) is 0 Å². The predicted octanol–water partition coefficient (Wildman–Crippen LogP) is 2.83. The molecule has 7 heteroatoms. The Morgan fingerprint density at radius 2 is 1.96 bits per heavy atom. The summed E-state index contributed by atoms with van der Waals surface area (Å²) in [5.74, 6) is 1.81. The first-order chi connectivity index (χ1) is 13.0. The van der Waals surface area contributed by atoms with Crippen LogP contribution in [0.3, 0.4) is 0 Å². The van der Waals surface area contributed by atoms with Gasteiger partial charge >= 0.3 is 0 Å². The van der Waals surface area contributed by atoms with Crippen LogP contribution in [0.5, 0.6) is 5.75 Å². The molecule has 1 saturated heterocycles. The zero-order valence-corrected chi connectivity index (χ0v) is 20.3. The molecule has 0 bridgehead atoms. The Balaban J connectivity index is 0.00000392. The third-order valence-electron chi connectivity index (χ3n) is 4.96. The first kappa shape index (κ1) is 25.0. The van der Waals surface area contributed by atoms with Crippen molar-refractivity contribution < 1.29 is 9.47 Å². The molecular weight excluding hydrogens is 467 g/mol. The minimum atomic E-state index is 0. The molecule has 160 valence electrons. The first-order valence-electron chi connectivity index (χ1n) is 9.94. The minimum Gasteiger partial charge on any atom is -0.496 e. The number of guanidine groups is 1. The van der Waals surface area contributed by atoms with Crippen LogP contribution >= 0.6 is 24.0 Å². The summed E-state index contributed by atoms with van der Waals surface area (Å²) in [6, 6.07) is 6.30. The van der Waals surface area contributed by atoms with Crippen LogP contribution in [0, 0.1) is 6.92 Å². The fourth-order valence-electron chi connectivity index (χ4n) is 3.30. The summed E-state index contributed by atoms with van der Waals surface area (Å²) >= 11 is 0. The third-order valence-corrected chi connectivity index (χ3v) is 4.96. The normalized spacial score (nSPS) is 15.7. The summed E-state index contributed by atoms with van der Waals surface area (Å²) in [7, 11) is 1.72. The van der Waals surface area contributed by atoms with Gasteiger partial charge in [-0.3, -0.25) is 9.89 Å². The maximum Gasteiger partial charge on any atom is 0.191 e. The number of halogens is 1. The maximum absolute atomic E-state index is 5.48. The van der Waals surface area contributed by atoms with E-state index in [0.717, 1.165) is 64.1 Å². The largest absolute Gasteiger partial charge is 0.496 e. The van der Waals surface area contributed by atoms with Crippen LogP contribution in [-0.2, 0) is 11.2 Å². The van der Waals surface area contributed by atoms with Crippen LogP contribution in [0.15, 0.2) is 23.2 Å². The molecule has 0 aliphatic carbocycles. The summed E-state index contributed by atoms with van der Waals surface area (Å²) in [6.45, 7) is 14.7. The molecule has 0 spiro atoms. The lowest BCUT2D eigenvalue weighted by molar-refractivity contribution is -0.00683. The monoisotopic (exact) mass is 504 g/mol. The van der Waals surface area contributed by atoms with Crippen LogP contribution in [0.25, 0.3) is 0 Å². The van der Waals surface area contributed by atoms with Gasteiger partial charge in [0.1, 0.15) is 5.75 Å². The van der Waals surface area contributed by atoms with Gasteiger partial charge in [0.15, 0.2) is 5.96 Å². The SMILES string of the molecule is CCNC(=NCC(C)(C)N1CCOCC1)NCCc1cc(C)ccc1OC.I. The van der Waals surface area contributed by atoms with E-state index in [2.05, 4.69) is 55.4 Å². The fourth-order valence-corrected chi connectivity index (χ4v) is 3.30. The molecule has 1 aromatic rings. The Morgan fingerprint density at radius 1 is 1.25 bits per heavy atom. The van der Waals surface area contributed by atoms with Crippen LogP contribution < -0.4 is 15.4 Å². The highest BCUT2D eigenvalue weighted by molar-refractivity contribution is 14.0. The molecular formula is C21H37IN4O2. The van der Waals surface area contributed by atoms with Crippen molar-refractivity contribution in [3.8, 4) is 5.75 Å². The molecule has 28 heavy (non-hydrogen) atoms. The van der Waals surface area contributed by atoms with E-state index in [-0.39, 0.29) is 29.5 Å². The number of hydrogen-bond acceptors (Lipinski definition) is 4. The average molecular weight is 504 g/mol. The van der Waals surface area contributed by atoms with Crippen molar-refractivity contribution in [2.45, 2.75) is 39.7 Å². The minimum absolute atomic E-state index is 0. The van der Waals surface area contributed by atoms with E-state index in [1.54, 1.807) is 7.11 Å². The quantitative estimate of drug-likeness (QED) is 0.324. The average Bonchev–Trinajstić information content (AvgIpc) is 2.67. The van der Waals surface area contributed by atoms with Crippen molar-refractivity contribution in [1.82, 2.24) is 15.5 Å². The van der Waals surface area contributed by atoms with Crippen molar-refractivity contribution >= 4 is 29.9 Å². The summed E-state index contributed by atoms with van der Waals surface area (Å²) < 4.78 is 10.9. The second kappa shape index (κ2) is 12.5. The first-order valence-corrected chi connectivity index (χ1v) is 9.94. The molecule has 0 unspecified atom stereocenters. The van der Waals surface area contributed by atoms with Gasteiger partial charge in [-0.2, -0.15) is 0 Å². The molecule has 1 heterocycles. The standard InChI is InChI=1S/C21H36N4O2.HI/c1-6-22-20(24-16-21(3,4)25-11-13-27-14-12-25)23-10-9-18-15-17(2)7-8-19(18)26-5;/h7-8,15H,6,9-14,16H2,1-5H3,(H2,22,23,24);1H. The van der Waals surface area contributed by atoms with Crippen LogP contribution in [0.1, 0.15) is 31.9 Å². The van der Waals surface area contributed by atoms with E-state index in [9.17, 15) is 0 Å². The molecule has 2 N–H and O–H groups in total. The number of methoxy groups -OCH3 is 1. The van der Waals surface area contributed by atoms with E-state index in [1.807, 2.05) is 6.07 Å². The molecule has 0 atom stereocenters. The van der Waals surface area contributed by atoms with Crippen LogP contribution in [-0.4, -0.2) is 69.4 Å². The molecule has 0 aromatic heterocycles. The Labute approximate surface area is 187 Å². The lowest BCUT2D eigenvalue weighted by Crippen LogP contribution is -2.52. The summed E-state index contributed by atoms with van der Waals surface area (Å²) in [5, 5.41) is 6.80. The highest BCUT2D eigenvalue weighted by Gasteiger charge is 2.28. The number of aliphatic imine (C=N–C) groups is 1.